The lowest BCUT2D eigenvalue weighted by Gasteiger charge is -2.15. The summed E-state index contributed by atoms with van der Waals surface area (Å²) in [5.41, 5.74) is 1.42. The number of fused-ring (bicyclic) bond motifs is 1. The highest BCUT2D eigenvalue weighted by Crippen LogP contribution is 2.35. The van der Waals surface area contributed by atoms with Crippen LogP contribution in [0.5, 0.6) is 17.2 Å². The first-order valence-corrected chi connectivity index (χ1v) is 8.99. The van der Waals surface area contributed by atoms with Crippen LogP contribution in [0.25, 0.3) is 0 Å². The molecule has 0 aromatic heterocycles. The summed E-state index contributed by atoms with van der Waals surface area (Å²) in [4.78, 5) is 0.101. The van der Waals surface area contributed by atoms with Gasteiger partial charge in [0.25, 0.3) is 10.0 Å². The highest BCUT2D eigenvalue weighted by Gasteiger charge is 2.21. The maximum absolute atomic E-state index is 12.7. The van der Waals surface area contributed by atoms with E-state index < -0.39 is 10.0 Å². The summed E-state index contributed by atoms with van der Waals surface area (Å²) in [5.74, 6) is 1.68. The van der Waals surface area contributed by atoms with Gasteiger partial charge in [-0.15, -0.1) is 0 Å². The van der Waals surface area contributed by atoms with Crippen molar-refractivity contribution < 1.29 is 22.6 Å². The smallest absolute Gasteiger partial charge is 0.262 e. The molecule has 6 nitrogen and oxygen atoms in total. The molecule has 0 radical (unpaired) electrons. The second-order valence-corrected chi connectivity index (χ2v) is 7.42. The predicted octanol–water partition coefficient (Wildman–Crippen LogP) is 3.35. The van der Waals surface area contributed by atoms with Gasteiger partial charge >= 0.3 is 0 Å². The van der Waals surface area contributed by atoms with Gasteiger partial charge < -0.3 is 14.2 Å². The molecule has 1 heterocycles. The van der Waals surface area contributed by atoms with E-state index in [-0.39, 0.29) is 17.6 Å². The minimum Gasteiger partial charge on any atom is -0.495 e. The number of methoxy groups -OCH3 is 1. The Morgan fingerprint density at radius 1 is 1.08 bits per heavy atom. The van der Waals surface area contributed by atoms with Crippen LogP contribution < -0.4 is 18.9 Å². The average molecular weight is 349 g/mol. The molecule has 1 aliphatic rings. The first-order chi connectivity index (χ1) is 11.4. The molecule has 0 aliphatic carbocycles. The van der Waals surface area contributed by atoms with Crippen LogP contribution in [-0.4, -0.2) is 22.3 Å². The Morgan fingerprint density at radius 2 is 1.83 bits per heavy atom. The molecule has 0 fully saturated rings. The Balaban J connectivity index is 1.96. The van der Waals surface area contributed by atoms with Crippen molar-refractivity contribution in [1.82, 2.24) is 0 Å². The third-order valence-electron chi connectivity index (χ3n) is 3.79. The van der Waals surface area contributed by atoms with Crippen LogP contribution in [0.3, 0.4) is 0 Å². The molecule has 0 spiro atoms. The van der Waals surface area contributed by atoms with Crippen LogP contribution in [0.1, 0.15) is 25.3 Å². The molecule has 0 atom stereocenters. The summed E-state index contributed by atoms with van der Waals surface area (Å²) < 4.78 is 43.7. The zero-order chi connectivity index (χ0) is 17.3. The highest BCUT2D eigenvalue weighted by molar-refractivity contribution is 7.92. The number of nitrogens with one attached hydrogen (secondary N) is 1. The third kappa shape index (κ3) is 3.12. The van der Waals surface area contributed by atoms with Gasteiger partial charge in [-0.2, -0.15) is 0 Å². The van der Waals surface area contributed by atoms with E-state index in [0.717, 1.165) is 5.56 Å². The first-order valence-electron chi connectivity index (χ1n) is 7.51. The van der Waals surface area contributed by atoms with Gasteiger partial charge in [-0.25, -0.2) is 8.42 Å². The maximum Gasteiger partial charge on any atom is 0.262 e. The summed E-state index contributed by atoms with van der Waals surface area (Å²) in [5, 5.41) is 0. The Morgan fingerprint density at radius 3 is 2.54 bits per heavy atom. The molecule has 1 N–H and O–H groups in total. The molecule has 1 aliphatic heterocycles. The molecule has 24 heavy (non-hydrogen) atoms. The van der Waals surface area contributed by atoms with Gasteiger partial charge in [0.15, 0.2) is 11.5 Å². The number of benzene rings is 2. The fraction of sp³-hybridized carbons (Fsp3) is 0.294. The molecule has 3 rings (SSSR count). The lowest BCUT2D eigenvalue weighted by atomic mass is 10.0. The molecule has 7 heteroatoms. The topological polar surface area (TPSA) is 73.9 Å². The van der Waals surface area contributed by atoms with Gasteiger partial charge in [-0.1, -0.05) is 19.9 Å². The predicted molar refractivity (Wildman–Crippen MR) is 90.5 cm³/mol. The molecule has 0 amide bonds. The monoisotopic (exact) mass is 349 g/mol. The number of ether oxygens (including phenoxy) is 3. The number of hydrogen-bond acceptors (Lipinski definition) is 5. The van der Waals surface area contributed by atoms with Gasteiger partial charge in [0.2, 0.25) is 6.79 Å². The number of sulfonamides is 1. The van der Waals surface area contributed by atoms with Crippen molar-refractivity contribution in [2.45, 2.75) is 24.7 Å². The molecular formula is C17H19NO5S. The van der Waals surface area contributed by atoms with Gasteiger partial charge in [0.05, 0.1) is 17.7 Å². The van der Waals surface area contributed by atoms with Crippen molar-refractivity contribution in [3.8, 4) is 17.2 Å². The Hall–Kier alpha value is -2.41. The van der Waals surface area contributed by atoms with E-state index in [1.165, 1.54) is 19.2 Å². The fourth-order valence-corrected chi connectivity index (χ4v) is 3.49. The summed E-state index contributed by atoms with van der Waals surface area (Å²) in [7, 11) is -2.27. The molecular weight excluding hydrogens is 330 g/mol. The zero-order valence-corrected chi connectivity index (χ0v) is 14.5. The van der Waals surface area contributed by atoms with E-state index in [1.807, 2.05) is 19.9 Å². The van der Waals surface area contributed by atoms with Crippen LogP contribution in [0.4, 0.5) is 5.69 Å². The van der Waals surface area contributed by atoms with Crippen molar-refractivity contribution in [3.63, 3.8) is 0 Å². The van der Waals surface area contributed by atoms with Crippen LogP contribution in [0.15, 0.2) is 41.3 Å². The average Bonchev–Trinajstić information content (AvgIpc) is 3.02. The number of hydrogen-bond donors (Lipinski definition) is 1. The van der Waals surface area contributed by atoms with E-state index >= 15 is 0 Å². The Bertz CT molecular complexity index is 861. The van der Waals surface area contributed by atoms with E-state index in [0.29, 0.717) is 22.9 Å². The van der Waals surface area contributed by atoms with Crippen molar-refractivity contribution in [2.75, 3.05) is 18.6 Å². The normalized spacial score (nSPS) is 13.2. The number of rotatable bonds is 5. The van der Waals surface area contributed by atoms with Crippen molar-refractivity contribution >= 4 is 15.7 Å². The summed E-state index contributed by atoms with van der Waals surface area (Å²) in [6.07, 6.45) is 0. The Kier molecular flexibility index (Phi) is 4.28. The van der Waals surface area contributed by atoms with Gasteiger partial charge in [-0.05, 0) is 35.7 Å². The van der Waals surface area contributed by atoms with Crippen LogP contribution >= 0.6 is 0 Å². The maximum atomic E-state index is 12.7. The standard InChI is InChI=1S/C17H19NO5S/c1-11(2)12-4-6-15(21-3)14(8-12)18-24(19,20)13-5-7-16-17(9-13)23-10-22-16/h4-9,11,18H,10H2,1-3H3. The SMILES string of the molecule is COc1ccc(C(C)C)cc1NS(=O)(=O)c1ccc2c(c1)OCO2. The minimum absolute atomic E-state index is 0.0938. The third-order valence-corrected chi connectivity index (χ3v) is 5.15. The second kappa shape index (κ2) is 6.24. The molecule has 2 aromatic carbocycles. The summed E-state index contributed by atoms with van der Waals surface area (Å²) >= 11 is 0. The summed E-state index contributed by atoms with van der Waals surface area (Å²) in [6, 6.07) is 9.97. The molecule has 0 saturated heterocycles. The van der Waals surface area contributed by atoms with Crippen molar-refractivity contribution in [3.05, 3.63) is 42.0 Å². The second-order valence-electron chi connectivity index (χ2n) is 5.73. The fourth-order valence-electron chi connectivity index (χ4n) is 2.41. The summed E-state index contributed by atoms with van der Waals surface area (Å²) in [6.45, 7) is 4.17. The lowest BCUT2D eigenvalue weighted by molar-refractivity contribution is 0.174. The molecule has 0 bridgehead atoms. The molecule has 0 saturated carbocycles. The van der Waals surface area contributed by atoms with Crippen LogP contribution in [-0.2, 0) is 10.0 Å². The first kappa shape index (κ1) is 16.4. The van der Waals surface area contributed by atoms with E-state index in [9.17, 15) is 8.42 Å². The molecule has 128 valence electrons. The largest absolute Gasteiger partial charge is 0.495 e. The van der Waals surface area contributed by atoms with Gasteiger partial charge in [0, 0.05) is 6.07 Å². The molecule has 2 aromatic rings. The molecule has 0 unspecified atom stereocenters. The van der Waals surface area contributed by atoms with Gasteiger partial charge in [-0.3, -0.25) is 4.72 Å². The van der Waals surface area contributed by atoms with E-state index in [2.05, 4.69) is 4.72 Å². The number of anilines is 1. The zero-order valence-electron chi connectivity index (χ0n) is 13.7. The van der Waals surface area contributed by atoms with E-state index in [4.69, 9.17) is 14.2 Å². The minimum atomic E-state index is -3.78. The van der Waals surface area contributed by atoms with Crippen molar-refractivity contribution in [1.29, 1.82) is 0 Å². The van der Waals surface area contributed by atoms with Crippen LogP contribution in [0, 0.1) is 0 Å². The quantitative estimate of drug-likeness (QED) is 0.896. The Labute approximate surface area is 141 Å². The van der Waals surface area contributed by atoms with Gasteiger partial charge in [0.1, 0.15) is 5.75 Å². The lowest BCUT2D eigenvalue weighted by Crippen LogP contribution is -2.14. The van der Waals surface area contributed by atoms with Crippen LogP contribution in [0.2, 0.25) is 0 Å². The van der Waals surface area contributed by atoms with Crippen molar-refractivity contribution in [2.24, 2.45) is 0 Å². The highest BCUT2D eigenvalue weighted by atomic mass is 32.2. The van der Waals surface area contributed by atoms with E-state index in [1.54, 1.807) is 18.2 Å².